The number of nitrogens with zero attached hydrogens (tertiary/aromatic N) is 5. The van der Waals surface area contributed by atoms with Crippen LogP contribution in [-0.4, -0.2) is 53.3 Å². The van der Waals surface area contributed by atoms with Gasteiger partial charge in [-0.15, -0.1) is 0 Å². The Morgan fingerprint density at radius 2 is 2.04 bits per heavy atom. The lowest BCUT2D eigenvalue weighted by Gasteiger charge is -2.36. The van der Waals surface area contributed by atoms with Gasteiger partial charge in [0.15, 0.2) is 0 Å². The van der Waals surface area contributed by atoms with Gasteiger partial charge in [0.1, 0.15) is 12.6 Å². The molecule has 3 aromatic rings. The number of fused-ring (bicyclic) bond motifs is 1. The third-order valence-corrected chi connectivity index (χ3v) is 4.40. The molecule has 0 atom stereocenters. The molecular weight excluding hydrogens is 306 g/mol. The highest BCUT2D eigenvalue weighted by atomic mass is 16.5. The van der Waals surface area contributed by atoms with Gasteiger partial charge in [-0.1, -0.05) is 5.16 Å². The molecular formula is C17H19N5O2. The molecule has 1 aliphatic rings. The van der Waals surface area contributed by atoms with Gasteiger partial charge >= 0.3 is 0 Å². The smallest absolute Gasteiger partial charge is 0.224 e. The molecule has 7 heteroatoms. The number of aromatic nitrogens is 3. The molecule has 0 unspecified atom stereocenters. The van der Waals surface area contributed by atoms with Gasteiger partial charge in [-0.3, -0.25) is 4.90 Å². The Kier molecular flexibility index (Phi) is 4.00. The van der Waals surface area contributed by atoms with E-state index in [1.54, 1.807) is 19.6 Å². The Bertz CT molecular complexity index is 813. The summed E-state index contributed by atoms with van der Waals surface area (Å²) in [5, 5.41) is 4.71. The first-order valence-corrected chi connectivity index (χ1v) is 7.98. The number of ether oxygens (including phenoxy) is 1. The van der Waals surface area contributed by atoms with Crippen molar-refractivity contribution in [2.45, 2.75) is 6.54 Å². The second-order valence-corrected chi connectivity index (χ2v) is 5.88. The van der Waals surface area contributed by atoms with E-state index in [4.69, 9.17) is 9.26 Å². The maximum absolute atomic E-state index is 5.35. The van der Waals surface area contributed by atoms with Crippen LogP contribution in [0.25, 0.3) is 10.9 Å². The van der Waals surface area contributed by atoms with Crippen LogP contribution in [0.1, 0.15) is 5.56 Å². The predicted molar refractivity (Wildman–Crippen MR) is 90.1 cm³/mol. The highest BCUT2D eigenvalue weighted by Gasteiger charge is 2.18. The van der Waals surface area contributed by atoms with Crippen LogP contribution in [-0.2, 0) is 6.54 Å². The molecule has 1 fully saturated rings. The molecule has 4 rings (SSSR count). The van der Waals surface area contributed by atoms with E-state index in [0.29, 0.717) is 5.88 Å². The van der Waals surface area contributed by atoms with E-state index in [9.17, 15) is 0 Å². The van der Waals surface area contributed by atoms with E-state index in [0.717, 1.165) is 49.2 Å². The molecule has 24 heavy (non-hydrogen) atoms. The highest BCUT2D eigenvalue weighted by Crippen LogP contribution is 2.27. The van der Waals surface area contributed by atoms with Crippen molar-refractivity contribution in [2.75, 3.05) is 38.2 Å². The first kappa shape index (κ1) is 14.9. The van der Waals surface area contributed by atoms with Crippen LogP contribution in [0, 0.1) is 0 Å². The zero-order chi connectivity index (χ0) is 16.4. The molecule has 0 aliphatic carbocycles. The van der Waals surface area contributed by atoms with Crippen LogP contribution < -0.4 is 9.64 Å². The Morgan fingerprint density at radius 3 is 2.79 bits per heavy atom. The van der Waals surface area contributed by atoms with E-state index in [-0.39, 0.29) is 0 Å². The lowest BCUT2D eigenvalue weighted by atomic mass is 10.2. The van der Waals surface area contributed by atoms with Gasteiger partial charge in [-0.05, 0) is 18.2 Å². The zero-order valence-corrected chi connectivity index (χ0v) is 13.6. The van der Waals surface area contributed by atoms with Crippen molar-refractivity contribution < 1.29 is 9.26 Å². The molecule has 1 aromatic carbocycles. The molecule has 1 aliphatic heterocycles. The second kappa shape index (κ2) is 6.45. The molecule has 0 amide bonds. The molecule has 2 aromatic heterocycles. The van der Waals surface area contributed by atoms with Gasteiger partial charge in [-0.2, -0.15) is 0 Å². The van der Waals surface area contributed by atoms with Gasteiger partial charge in [-0.25, -0.2) is 9.97 Å². The summed E-state index contributed by atoms with van der Waals surface area (Å²) in [5.41, 5.74) is 3.20. The molecule has 124 valence electrons. The van der Waals surface area contributed by atoms with Gasteiger partial charge in [0.05, 0.1) is 24.2 Å². The average molecular weight is 325 g/mol. The summed E-state index contributed by atoms with van der Waals surface area (Å²) in [6.45, 7) is 4.85. The lowest BCUT2D eigenvalue weighted by Crippen LogP contribution is -2.45. The Morgan fingerprint density at radius 1 is 1.17 bits per heavy atom. The Labute approximate surface area is 139 Å². The first-order chi connectivity index (χ1) is 11.8. The summed E-state index contributed by atoms with van der Waals surface area (Å²) in [6.07, 6.45) is 5.02. The van der Waals surface area contributed by atoms with Crippen molar-refractivity contribution in [3.63, 3.8) is 0 Å². The topological polar surface area (TPSA) is 67.5 Å². The van der Waals surface area contributed by atoms with E-state index >= 15 is 0 Å². The summed E-state index contributed by atoms with van der Waals surface area (Å²) in [5.74, 6) is 0.618. The van der Waals surface area contributed by atoms with Crippen molar-refractivity contribution >= 4 is 16.6 Å². The van der Waals surface area contributed by atoms with Crippen molar-refractivity contribution in [1.82, 2.24) is 20.0 Å². The number of piperazine rings is 1. The standard InChI is InChI=1S/C17H19N5O2/c1-23-17-15-8-14(2-3-16(15)18-12-19-17)22-6-4-21(5-7-22)10-13-9-20-24-11-13/h2-3,8-9,11-12H,4-7,10H2,1H3. The van der Waals surface area contributed by atoms with E-state index in [1.807, 2.05) is 6.07 Å². The van der Waals surface area contributed by atoms with Crippen LogP contribution in [0.3, 0.4) is 0 Å². The largest absolute Gasteiger partial charge is 0.480 e. The quantitative estimate of drug-likeness (QED) is 0.726. The first-order valence-electron chi connectivity index (χ1n) is 7.98. The van der Waals surface area contributed by atoms with Crippen molar-refractivity contribution in [3.8, 4) is 5.88 Å². The number of benzene rings is 1. The summed E-state index contributed by atoms with van der Waals surface area (Å²) in [7, 11) is 1.64. The third kappa shape index (κ3) is 2.90. The molecule has 0 bridgehead atoms. The SMILES string of the molecule is COc1ncnc2ccc(N3CCN(Cc4cnoc4)CC3)cc12. The zero-order valence-electron chi connectivity index (χ0n) is 13.6. The van der Waals surface area contributed by atoms with Gasteiger partial charge < -0.3 is 14.2 Å². The summed E-state index contributed by atoms with van der Waals surface area (Å²) in [4.78, 5) is 13.3. The fourth-order valence-corrected chi connectivity index (χ4v) is 3.11. The minimum absolute atomic E-state index is 0.618. The third-order valence-electron chi connectivity index (χ3n) is 4.40. The Hall–Kier alpha value is -2.67. The molecule has 0 radical (unpaired) electrons. The minimum atomic E-state index is 0.618. The van der Waals surface area contributed by atoms with Crippen molar-refractivity contribution in [3.05, 3.63) is 42.5 Å². The monoisotopic (exact) mass is 325 g/mol. The van der Waals surface area contributed by atoms with Crippen LogP contribution in [0.5, 0.6) is 5.88 Å². The van der Waals surface area contributed by atoms with Gasteiger partial charge in [0.25, 0.3) is 0 Å². The highest BCUT2D eigenvalue weighted by molar-refractivity contribution is 5.86. The van der Waals surface area contributed by atoms with Gasteiger partial charge in [0, 0.05) is 44.0 Å². The lowest BCUT2D eigenvalue weighted by molar-refractivity contribution is 0.249. The number of rotatable bonds is 4. The van der Waals surface area contributed by atoms with E-state index in [2.05, 4.69) is 37.1 Å². The van der Waals surface area contributed by atoms with Crippen molar-refractivity contribution in [1.29, 1.82) is 0 Å². The molecule has 1 saturated heterocycles. The fraction of sp³-hybridized carbons (Fsp3) is 0.353. The Balaban J connectivity index is 1.48. The molecule has 0 spiro atoms. The molecule has 7 nitrogen and oxygen atoms in total. The van der Waals surface area contributed by atoms with Crippen LogP contribution in [0.15, 0.2) is 41.5 Å². The average Bonchev–Trinajstić information content (AvgIpc) is 3.14. The molecule has 0 saturated carbocycles. The van der Waals surface area contributed by atoms with Crippen LogP contribution in [0.4, 0.5) is 5.69 Å². The van der Waals surface area contributed by atoms with E-state index in [1.165, 1.54) is 12.0 Å². The van der Waals surface area contributed by atoms with Crippen LogP contribution in [0.2, 0.25) is 0 Å². The summed E-state index contributed by atoms with van der Waals surface area (Å²) < 4.78 is 10.3. The normalized spacial score (nSPS) is 15.8. The van der Waals surface area contributed by atoms with Crippen molar-refractivity contribution in [2.24, 2.45) is 0 Å². The molecule has 0 N–H and O–H groups in total. The fourth-order valence-electron chi connectivity index (χ4n) is 3.11. The number of hydrogen-bond donors (Lipinski definition) is 0. The minimum Gasteiger partial charge on any atom is -0.480 e. The summed E-state index contributed by atoms with van der Waals surface area (Å²) >= 11 is 0. The van der Waals surface area contributed by atoms with Crippen LogP contribution >= 0.6 is 0 Å². The maximum atomic E-state index is 5.35. The number of methoxy groups -OCH3 is 1. The predicted octanol–water partition coefficient (Wildman–Crippen LogP) is 1.95. The number of anilines is 1. The van der Waals surface area contributed by atoms with Gasteiger partial charge in [0.2, 0.25) is 5.88 Å². The summed E-state index contributed by atoms with van der Waals surface area (Å²) in [6, 6.07) is 6.26. The second-order valence-electron chi connectivity index (χ2n) is 5.88. The number of hydrogen-bond acceptors (Lipinski definition) is 7. The maximum Gasteiger partial charge on any atom is 0.224 e. The molecule has 3 heterocycles. The van der Waals surface area contributed by atoms with E-state index < -0.39 is 0 Å².